The molecule has 1 heteroatoms. The smallest absolute Gasteiger partial charge is 0.122 e. The molecule has 1 aromatic carbocycles. The average molecular weight is 403 g/mol. The topological polar surface area (TPSA) is 20.2 Å². The van der Waals surface area contributed by atoms with Crippen LogP contribution in [0.3, 0.4) is 0 Å². The molecule has 0 amide bonds. The lowest BCUT2D eigenvalue weighted by atomic mass is 9.81. The van der Waals surface area contributed by atoms with E-state index in [1.807, 2.05) is 0 Å². The molecule has 1 rings (SSSR count). The summed E-state index contributed by atoms with van der Waals surface area (Å²) in [6.07, 6.45) is 18.3. The van der Waals surface area contributed by atoms with Crippen molar-refractivity contribution >= 4 is 0 Å². The van der Waals surface area contributed by atoms with Gasteiger partial charge < -0.3 is 5.11 Å². The van der Waals surface area contributed by atoms with Crippen LogP contribution in [-0.4, -0.2) is 5.11 Å². The first-order valence-electron chi connectivity index (χ1n) is 12.7. The Hall–Kier alpha value is -0.980. The van der Waals surface area contributed by atoms with Crippen LogP contribution in [0.4, 0.5) is 0 Å². The second-order valence-electron chi connectivity index (χ2n) is 10.3. The molecule has 1 nitrogen and oxygen atoms in total. The highest BCUT2D eigenvalue weighted by Crippen LogP contribution is 2.37. The van der Waals surface area contributed by atoms with Crippen LogP contribution in [0.5, 0.6) is 5.75 Å². The van der Waals surface area contributed by atoms with Crippen molar-refractivity contribution in [2.75, 3.05) is 0 Å². The summed E-state index contributed by atoms with van der Waals surface area (Å²) >= 11 is 0. The molecule has 0 bridgehead atoms. The number of phenols is 1. The second-order valence-corrected chi connectivity index (χ2v) is 10.3. The summed E-state index contributed by atoms with van der Waals surface area (Å²) in [7, 11) is 0. The average Bonchev–Trinajstić information content (AvgIpc) is 2.67. The highest BCUT2D eigenvalue weighted by Gasteiger charge is 2.21. The second kappa shape index (κ2) is 14.1. The van der Waals surface area contributed by atoms with E-state index in [-0.39, 0.29) is 5.41 Å². The van der Waals surface area contributed by atoms with Crippen LogP contribution >= 0.6 is 0 Å². The predicted octanol–water partition coefficient (Wildman–Crippen LogP) is 9.45. The molecule has 0 aliphatic carbocycles. The van der Waals surface area contributed by atoms with Crippen LogP contribution in [-0.2, 0) is 11.8 Å². The van der Waals surface area contributed by atoms with Crippen LogP contribution in [0.1, 0.15) is 148 Å². The SMILES string of the molecule is CCCCCCCCCCCCC(C)c1cc(C(C)(C)C)cc(CCCC)c1O. The van der Waals surface area contributed by atoms with E-state index < -0.39 is 0 Å². The maximum absolute atomic E-state index is 10.9. The van der Waals surface area contributed by atoms with Gasteiger partial charge in [0.2, 0.25) is 0 Å². The maximum Gasteiger partial charge on any atom is 0.122 e. The summed E-state index contributed by atoms with van der Waals surface area (Å²) in [5, 5.41) is 10.9. The number of hydrogen-bond donors (Lipinski definition) is 1. The number of phenolic OH excluding ortho intramolecular Hbond substituents is 1. The van der Waals surface area contributed by atoms with E-state index in [9.17, 15) is 5.11 Å². The van der Waals surface area contributed by atoms with Gasteiger partial charge in [-0.05, 0) is 47.3 Å². The number of aromatic hydroxyl groups is 1. The minimum absolute atomic E-state index is 0.125. The fourth-order valence-electron chi connectivity index (χ4n) is 4.18. The van der Waals surface area contributed by atoms with Crippen molar-refractivity contribution in [2.45, 2.75) is 143 Å². The Morgan fingerprint density at radius 2 is 1.28 bits per heavy atom. The zero-order chi connectivity index (χ0) is 21.7. The van der Waals surface area contributed by atoms with Crippen molar-refractivity contribution in [1.29, 1.82) is 0 Å². The van der Waals surface area contributed by atoms with E-state index in [4.69, 9.17) is 0 Å². The van der Waals surface area contributed by atoms with Crippen LogP contribution in [0.15, 0.2) is 12.1 Å². The summed E-state index contributed by atoms with van der Waals surface area (Å²) in [6.45, 7) is 13.6. The minimum Gasteiger partial charge on any atom is -0.507 e. The van der Waals surface area contributed by atoms with E-state index in [0.29, 0.717) is 11.7 Å². The van der Waals surface area contributed by atoms with E-state index in [0.717, 1.165) is 18.4 Å². The largest absolute Gasteiger partial charge is 0.507 e. The van der Waals surface area contributed by atoms with Crippen molar-refractivity contribution in [3.05, 3.63) is 28.8 Å². The highest BCUT2D eigenvalue weighted by atomic mass is 16.3. The molecular weight excluding hydrogens is 352 g/mol. The fraction of sp³-hybridized carbons (Fsp3) is 0.786. The maximum atomic E-state index is 10.9. The molecule has 0 aliphatic rings. The van der Waals surface area contributed by atoms with E-state index in [1.54, 1.807) is 0 Å². The Morgan fingerprint density at radius 1 is 0.759 bits per heavy atom. The molecule has 168 valence electrons. The molecule has 0 heterocycles. The third-order valence-electron chi connectivity index (χ3n) is 6.41. The molecule has 1 atom stereocenters. The van der Waals surface area contributed by atoms with Crippen molar-refractivity contribution in [3.8, 4) is 5.75 Å². The molecule has 0 aliphatic heterocycles. The molecule has 0 saturated heterocycles. The lowest BCUT2D eigenvalue weighted by Gasteiger charge is -2.24. The summed E-state index contributed by atoms with van der Waals surface area (Å²) in [5.74, 6) is 1.01. The quantitative estimate of drug-likeness (QED) is 0.290. The zero-order valence-electron chi connectivity index (χ0n) is 20.6. The molecule has 0 saturated carbocycles. The van der Waals surface area contributed by atoms with Crippen LogP contribution < -0.4 is 0 Å². The van der Waals surface area contributed by atoms with Crippen molar-refractivity contribution in [3.63, 3.8) is 0 Å². The third kappa shape index (κ3) is 10.1. The first kappa shape index (κ1) is 26.1. The molecule has 0 spiro atoms. The van der Waals surface area contributed by atoms with Gasteiger partial charge >= 0.3 is 0 Å². The first-order chi connectivity index (χ1) is 13.8. The van der Waals surface area contributed by atoms with Crippen LogP contribution in [0.25, 0.3) is 0 Å². The number of aryl methyl sites for hydroxylation is 1. The van der Waals surface area contributed by atoms with Gasteiger partial charge in [0.1, 0.15) is 5.75 Å². The van der Waals surface area contributed by atoms with Crippen molar-refractivity contribution in [2.24, 2.45) is 0 Å². The number of hydrogen-bond acceptors (Lipinski definition) is 1. The molecule has 29 heavy (non-hydrogen) atoms. The van der Waals surface area contributed by atoms with Gasteiger partial charge in [0.25, 0.3) is 0 Å². The summed E-state index contributed by atoms with van der Waals surface area (Å²) < 4.78 is 0. The molecular formula is C28H50O. The lowest BCUT2D eigenvalue weighted by molar-refractivity contribution is 0.447. The van der Waals surface area contributed by atoms with Gasteiger partial charge in [-0.25, -0.2) is 0 Å². The Labute approximate surface area is 182 Å². The summed E-state index contributed by atoms with van der Waals surface area (Å²) in [6, 6.07) is 4.54. The predicted molar refractivity (Wildman–Crippen MR) is 130 cm³/mol. The van der Waals surface area contributed by atoms with Crippen molar-refractivity contribution < 1.29 is 5.11 Å². The summed E-state index contributed by atoms with van der Waals surface area (Å²) in [5.41, 5.74) is 3.83. The van der Waals surface area contributed by atoms with Gasteiger partial charge in [-0.15, -0.1) is 0 Å². The molecule has 1 aromatic rings. The zero-order valence-corrected chi connectivity index (χ0v) is 20.6. The molecule has 1 unspecified atom stereocenters. The van der Waals surface area contributed by atoms with E-state index in [2.05, 4.69) is 53.7 Å². The van der Waals surface area contributed by atoms with E-state index >= 15 is 0 Å². The van der Waals surface area contributed by atoms with Gasteiger partial charge in [-0.3, -0.25) is 0 Å². The number of rotatable bonds is 15. The number of unbranched alkanes of at least 4 members (excludes halogenated alkanes) is 10. The first-order valence-corrected chi connectivity index (χ1v) is 12.7. The fourth-order valence-corrected chi connectivity index (χ4v) is 4.18. The standard InChI is InChI=1S/C28H50O/c1-7-9-11-12-13-14-15-16-17-18-19-23(3)26-22-25(28(4,5)6)21-24(27(26)29)20-10-8-2/h21-23,29H,7-20H2,1-6H3. The van der Waals surface area contributed by atoms with E-state index in [1.165, 1.54) is 88.2 Å². The molecule has 0 radical (unpaired) electrons. The van der Waals surface area contributed by atoms with Crippen LogP contribution in [0, 0.1) is 0 Å². The van der Waals surface area contributed by atoms with Crippen molar-refractivity contribution in [1.82, 2.24) is 0 Å². The monoisotopic (exact) mass is 402 g/mol. The van der Waals surface area contributed by atoms with Gasteiger partial charge in [-0.1, -0.05) is 124 Å². The Balaban J connectivity index is 2.52. The highest BCUT2D eigenvalue weighted by molar-refractivity contribution is 5.47. The molecule has 0 aromatic heterocycles. The summed E-state index contributed by atoms with van der Waals surface area (Å²) in [4.78, 5) is 0. The third-order valence-corrected chi connectivity index (χ3v) is 6.41. The van der Waals surface area contributed by atoms with Gasteiger partial charge in [0.15, 0.2) is 0 Å². The normalized spacial score (nSPS) is 13.0. The Kier molecular flexibility index (Phi) is 12.7. The van der Waals surface area contributed by atoms with Gasteiger partial charge in [0.05, 0.1) is 0 Å². The van der Waals surface area contributed by atoms with Gasteiger partial charge in [-0.2, -0.15) is 0 Å². The minimum atomic E-state index is 0.125. The Morgan fingerprint density at radius 3 is 1.79 bits per heavy atom. The molecule has 1 N–H and O–H groups in total. The number of benzene rings is 1. The lowest BCUT2D eigenvalue weighted by Crippen LogP contribution is -2.13. The van der Waals surface area contributed by atoms with Crippen LogP contribution in [0.2, 0.25) is 0 Å². The Bertz CT molecular complexity index is 552. The molecule has 0 fully saturated rings. The van der Waals surface area contributed by atoms with Gasteiger partial charge in [0, 0.05) is 0 Å².